The van der Waals surface area contributed by atoms with Crippen LogP contribution in [-0.4, -0.2) is 15.9 Å². The molecule has 0 saturated heterocycles. The lowest BCUT2D eigenvalue weighted by Gasteiger charge is -2.08. The van der Waals surface area contributed by atoms with E-state index in [0.717, 1.165) is 33.6 Å². The highest BCUT2D eigenvalue weighted by Crippen LogP contribution is 2.37. The number of rotatable bonds is 4. The molecule has 0 atom stereocenters. The topological polar surface area (TPSA) is 71.8 Å². The summed E-state index contributed by atoms with van der Waals surface area (Å²) in [5.41, 5.74) is 11.0. The third-order valence-electron chi connectivity index (χ3n) is 4.42. The highest BCUT2D eigenvalue weighted by molar-refractivity contribution is 6.02. The van der Waals surface area contributed by atoms with Gasteiger partial charge in [0.05, 0.1) is 5.69 Å². The molecule has 0 unspecified atom stereocenters. The van der Waals surface area contributed by atoms with Gasteiger partial charge in [-0.15, -0.1) is 0 Å². The SMILES string of the molecule is NC(=O)c1ccccc1-c1cc(-c2ccncc2)[nH]c1-c1ccc(F)cc1. The van der Waals surface area contributed by atoms with Crippen molar-refractivity contribution in [3.8, 4) is 33.6 Å². The first-order valence-electron chi connectivity index (χ1n) is 8.42. The maximum Gasteiger partial charge on any atom is 0.249 e. The minimum absolute atomic E-state index is 0.307. The number of aromatic amines is 1. The van der Waals surface area contributed by atoms with Crippen molar-refractivity contribution in [3.05, 3.63) is 90.5 Å². The summed E-state index contributed by atoms with van der Waals surface area (Å²) in [6.07, 6.45) is 3.43. The summed E-state index contributed by atoms with van der Waals surface area (Å²) in [5.74, 6) is -0.805. The number of hydrogen-bond acceptors (Lipinski definition) is 2. The number of carbonyl (C=O) groups is 1. The summed E-state index contributed by atoms with van der Waals surface area (Å²) in [6, 6.07) is 19.2. The molecule has 0 fully saturated rings. The summed E-state index contributed by atoms with van der Waals surface area (Å²) >= 11 is 0. The number of nitrogens with zero attached hydrogens (tertiary/aromatic N) is 1. The van der Waals surface area contributed by atoms with Gasteiger partial charge in [-0.3, -0.25) is 9.78 Å². The molecule has 2 aromatic heterocycles. The zero-order valence-electron chi connectivity index (χ0n) is 14.3. The zero-order chi connectivity index (χ0) is 18.8. The predicted octanol–water partition coefficient (Wildman–Crippen LogP) is 4.65. The normalized spacial score (nSPS) is 10.7. The summed E-state index contributed by atoms with van der Waals surface area (Å²) in [5, 5.41) is 0. The molecule has 4 aromatic rings. The van der Waals surface area contributed by atoms with Gasteiger partial charge in [0.15, 0.2) is 0 Å². The van der Waals surface area contributed by atoms with Gasteiger partial charge < -0.3 is 10.7 Å². The van der Waals surface area contributed by atoms with Crippen LogP contribution in [0, 0.1) is 5.82 Å². The van der Waals surface area contributed by atoms with Gasteiger partial charge in [-0.1, -0.05) is 18.2 Å². The smallest absolute Gasteiger partial charge is 0.249 e. The predicted molar refractivity (Wildman–Crippen MR) is 103 cm³/mol. The number of nitrogens with two attached hydrogens (primary N) is 1. The molecule has 0 aliphatic heterocycles. The van der Waals surface area contributed by atoms with E-state index in [4.69, 9.17) is 5.73 Å². The van der Waals surface area contributed by atoms with E-state index >= 15 is 0 Å². The van der Waals surface area contributed by atoms with E-state index in [0.29, 0.717) is 5.56 Å². The maximum absolute atomic E-state index is 13.4. The molecule has 3 N–H and O–H groups in total. The van der Waals surface area contributed by atoms with Crippen LogP contribution in [0.4, 0.5) is 4.39 Å². The van der Waals surface area contributed by atoms with Crippen LogP contribution in [0.1, 0.15) is 10.4 Å². The Bertz CT molecular complexity index is 1100. The molecule has 0 radical (unpaired) electrons. The van der Waals surface area contributed by atoms with E-state index in [1.807, 2.05) is 30.3 Å². The summed E-state index contributed by atoms with van der Waals surface area (Å²) < 4.78 is 13.4. The highest BCUT2D eigenvalue weighted by Gasteiger charge is 2.17. The van der Waals surface area contributed by atoms with Crippen LogP contribution in [-0.2, 0) is 0 Å². The second-order valence-electron chi connectivity index (χ2n) is 6.12. The first kappa shape index (κ1) is 16.7. The molecule has 2 heterocycles. The monoisotopic (exact) mass is 357 g/mol. The number of amides is 1. The van der Waals surface area contributed by atoms with Crippen molar-refractivity contribution in [2.24, 2.45) is 5.73 Å². The molecule has 0 aliphatic carbocycles. The van der Waals surface area contributed by atoms with E-state index in [1.54, 1.807) is 36.7 Å². The molecular weight excluding hydrogens is 341 g/mol. The van der Waals surface area contributed by atoms with Gasteiger partial charge in [0.2, 0.25) is 5.91 Å². The molecule has 0 bridgehead atoms. The molecule has 4 nitrogen and oxygen atoms in total. The Morgan fingerprint density at radius 3 is 2.30 bits per heavy atom. The van der Waals surface area contributed by atoms with Crippen LogP contribution in [0.3, 0.4) is 0 Å². The van der Waals surface area contributed by atoms with Crippen LogP contribution < -0.4 is 5.73 Å². The maximum atomic E-state index is 13.4. The Morgan fingerprint density at radius 2 is 1.59 bits per heavy atom. The largest absolute Gasteiger partial charge is 0.366 e. The number of H-pyrrole nitrogens is 1. The number of benzene rings is 2. The summed E-state index contributed by atoms with van der Waals surface area (Å²) in [6.45, 7) is 0. The average molecular weight is 357 g/mol. The lowest BCUT2D eigenvalue weighted by Crippen LogP contribution is -2.12. The molecule has 0 spiro atoms. The van der Waals surface area contributed by atoms with Crippen molar-refractivity contribution in [2.45, 2.75) is 0 Å². The second-order valence-corrected chi connectivity index (χ2v) is 6.12. The van der Waals surface area contributed by atoms with E-state index < -0.39 is 5.91 Å². The fourth-order valence-corrected chi connectivity index (χ4v) is 3.13. The first-order chi connectivity index (χ1) is 13.1. The highest BCUT2D eigenvalue weighted by atomic mass is 19.1. The summed E-state index contributed by atoms with van der Waals surface area (Å²) in [7, 11) is 0. The molecule has 4 rings (SSSR count). The Morgan fingerprint density at radius 1 is 0.889 bits per heavy atom. The lowest BCUT2D eigenvalue weighted by molar-refractivity contribution is 0.100. The van der Waals surface area contributed by atoms with Crippen molar-refractivity contribution < 1.29 is 9.18 Å². The number of halogens is 1. The standard InChI is InChI=1S/C22H16FN3O/c23-16-7-5-15(6-8-16)21-19(17-3-1-2-4-18(17)22(24)27)13-20(26-21)14-9-11-25-12-10-14/h1-13,26H,(H2,24,27). The average Bonchev–Trinajstić information content (AvgIpc) is 3.14. The first-order valence-corrected chi connectivity index (χ1v) is 8.42. The lowest BCUT2D eigenvalue weighted by atomic mass is 9.96. The van der Waals surface area contributed by atoms with Crippen molar-refractivity contribution in [1.29, 1.82) is 0 Å². The molecular formula is C22H16FN3O. The van der Waals surface area contributed by atoms with E-state index in [9.17, 15) is 9.18 Å². The summed E-state index contributed by atoms with van der Waals surface area (Å²) in [4.78, 5) is 19.4. The quantitative estimate of drug-likeness (QED) is 0.558. The van der Waals surface area contributed by atoms with Gasteiger partial charge in [-0.2, -0.15) is 0 Å². The van der Waals surface area contributed by atoms with Gasteiger partial charge in [-0.25, -0.2) is 4.39 Å². The van der Waals surface area contributed by atoms with Crippen molar-refractivity contribution >= 4 is 5.91 Å². The fraction of sp³-hybridized carbons (Fsp3) is 0. The minimum atomic E-state index is -0.498. The Hall–Kier alpha value is -3.73. The molecule has 5 heteroatoms. The van der Waals surface area contributed by atoms with Crippen LogP contribution in [0.15, 0.2) is 79.1 Å². The van der Waals surface area contributed by atoms with E-state index in [-0.39, 0.29) is 5.82 Å². The molecule has 27 heavy (non-hydrogen) atoms. The van der Waals surface area contributed by atoms with Gasteiger partial charge in [0, 0.05) is 34.8 Å². The van der Waals surface area contributed by atoms with Crippen molar-refractivity contribution in [3.63, 3.8) is 0 Å². The Balaban J connectivity index is 1.96. The van der Waals surface area contributed by atoms with Gasteiger partial charge in [0.1, 0.15) is 5.82 Å². The van der Waals surface area contributed by atoms with Crippen LogP contribution in [0.5, 0.6) is 0 Å². The number of aromatic nitrogens is 2. The number of hydrogen-bond donors (Lipinski definition) is 2. The Kier molecular flexibility index (Phi) is 4.26. The molecule has 2 aromatic carbocycles. The number of primary amides is 1. The van der Waals surface area contributed by atoms with Crippen molar-refractivity contribution in [1.82, 2.24) is 9.97 Å². The van der Waals surface area contributed by atoms with Gasteiger partial charge in [-0.05, 0) is 59.7 Å². The Labute approximate surface area is 155 Å². The third-order valence-corrected chi connectivity index (χ3v) is 4.42. The number of nitrogens with one attached hydrogen (secondary N) is 1. The van der Waals surface area contributed by atoms with Crippen molar-refractivity contribution in [2.75, 3.05) is 0 Å². The fourth-order valence-electron chi connectivity index (χ4n) is 3.13. The van der Waals surface area contributed by atoms with Crippen LogP contribution >= 0.6 is 0 Å². The number of pyridine rings is 1. The van der Waals surface area contributed by atoms with E-state index in [1.165, 1.54) is 12.1 Å². The second kappa shape index (κ2) is 6.88. The number of carbonyl (C=O) groups excluding carboxylic acids is 1. The van der Waals surface area contributed by atoms with Crippen LogP contribution in [0.25, 0.3) is 33.6 Å². The molecule has 0 saturated carbocycles. The van der Waals surface area contributed by atoms with Gasteiger partial charge >= 0.3 is 0 Å². The molecule has 1 amide bonds. The van der Waals surface area contributed by atoms with E-state index in [2.05, 4.69) is 9.97 Å². The molecule has 0 aliphatic rings. The zero-order valence-corrected chi connectivity index (χ0v) is 14.3. The minimum Gasteiger partial charge on any atom is -0.366 e. The van der Waals surface area contributed by atoms with Crippen LogP contribution in [0.2, 0.25) is 0 Å². The molecule has 132 valence electrons. The van der Waals surface area contributed by atoms with Gasteiger partial charge in [0.25, 0.3) is 0 Å². The third kappa shape index (κ3) is 3.22.